The molecule has 2 fully saturated rings. The lowest BCUT2D eigenvalue weighted by molar-refractivity contribution is -0.138. The summed E-state index contributed by atoms with van der Waals surface area (Å²) in [5.41, 5.74) is 5.93. The Morgan fingerprint density at radius 2 is 2.06 bits per heavy atom. The highest BCUT2D eigenvalue weighted by Gasteiger charge is 2.39. The van der Waals surface area contributed by atoms with Crippen molar-refractivity contribution in [3.05, 3.63) is 0 Å². The second-order valence-corrected chi connectivity index (χ2v) is 5.68. The molecule has 1 saturated heterocycles. The highest BCUT2D eigenvalue weighted by molar-refractivity contribution is 5.85. The summed E-state index contributed by atoms with van der Waals surface area (Å²) in [5, 5.41) is 0. The normalized spacial score (nSPS) is 32.6. The van der Waals surface area contributed by atoms with Crippen LogP contribution in [0.25, 0.3) is 0 Å². The first-order valence-electron chi connectivity index (χ1n) is 6.08. The van der Waals surface area contributed by atoms with Crippen molar-refractivity contribution >= 4 is 18.3 Å². The zero-order valence-electron chi connectivity index (χ0n) is 10.2. The average Bonchev–Trinajstić information content (AvgIpc) is 2.70. The Balaban J connectivity index is 0.00000128. The number of carbonyl (C=O) groups excluding carboxylic acids is 1. The molecule has 0 radical (unpaired) electrons. The molecule has 2 unspecified atom stereocenters. The molecule has 2 rings (SSSR count). The number of nitrogens with zero attached hydrogens (tertiary/aromatic N) is 1. The number of nitrogens with two attached hydrogens (primary N) is 1. The molecule has 2 N–H and O–H groups in total. The van der Waals surface area contributed by atoms with Gasteiger partial charge in [-0.15, -0.1) is 12.4 Å². The van der Waals surface area contributed by atoms with Crippen molar-refractivity contribution in [1.29, 1.82) is 0 Å². The van der Waals surface area contributed by atoms with E-state index in [2.05, 4.69) is 18.7 Å². The van der Waals surface area contributed by atoms with E-state index in [0.717, 1.165) is 38.6 Å². The van der Waals surface area contributed by atoms with E-state index in [1.165, 1.54) is 0 Å². The molecule has 0 aromatic carbocycles. The van der Waals surface area contributed by atoms with Crippen molar-refractivity contribution in [2.45, 2.75) is 57.5 Å². The van der Waals surface area contributed by atoms with Gasteiger partial charge in [-0.2, -0.15) is 0 Å². The SMILES string of the molecule is CC1(C)CCCN1C(=O)C1CCC(N)C1.Cl. The highest BCUT2D eigenvalue weighted by Crippen LogP contribution is 2.33. The molecule has 94 valence electrons. The summed E-state index contributed by atoms with van der Waals surface area (Å²) in [6.07, 6.45) is 5.19. The molecule has 1 saturated carbocycles. The van der Waals surface area contributed by atoms with Crippen molar-refractivity contribution in [1.82, 2.24) is 4.90 Å². The van der Waals surface area contributed by atoms with Gasteiger partial charge in [-0.05, 0) is 46.0 Å². The quantitative estimate of drug-likeness (QED) is 0.769. The topological polar surface area (TPSA) is 46.3 Å². The molecule has 0 aromatic heterocycles. The Kier molecular flexibility index (Phi) is 4.24. The second-order valence-electron chi connectivity index (χ2n) is 5.68. The molecule has 0 spiro atoms. The predicted molar refractivity (Wildman–Crippen MR) is 67.6 cm³/mol. The fourth-order valence-corrected chi connectivity index (χ4v) is 2.98. The minimum atomic E-state index is 0. The Morgan fingerprint density at radius 3 is 2.50 bits per heavy atom. The lowest BCUT2D eigenvalue weighted by Crippen LogP contribution is -2.45. The molecule has 1 amide bonds. The van der Waals surface area contributed by atoms with Gasteiger partial charge >= 0.3 is 0 Å². The highest BCUT2D eigenvalue weighted by atomic mass is 35.5. The fourth-order valence-electron chi connectivity index (χ4n) is 2.98. The van der Waals surface area contributed by atoms with Gasteiger partial charge in [-0.3, -0.25) is 4.79 Å². The molecule has 3 nitrogen and oxygen atoms in total. The van der Waals surface area contributed by atoms with Crippen LogP contribution in [0, 0.1) is 5.92 Å². The van der Waals surface area contributed by atoms with Gasteiger partial charge in [-0.25, -0.2) is 0 Å². The van der Waals surface area contributed by atoms with Crippen LogP contribution >= 0.6 is 12.4 Å². The van der Waals surface area contributed by atoms with E-state index in [-0.39, 0.29) is 29.9 Å². The molecule has 16 heavy (non-hydrogen) atoms. The van der Waals surface area contributed by atoms with Gasteiger partial charge in [0, 0.05) is 24.0 Å². The molecule has 1 heterocycles. The zero-order chi connectivity index (χ0) is 11.1. The summed E-state index contributed by atoms with van der Waals surface area (Å²) in [4.78, 5) is 14.4. The smallest absolute Gasteiger partial charge is 0.226 e. The number of carbonyl (C=O) groups is 1. The Bertz CT molecular complexity index is 268. The Morgan fingerprint density at radius 1 is 1.38 bits per heavy atom. The largest absolute Gasteiger partial charge is 0.337 e. The van der Waals surface area contributed by atoms with Gasteiger partial charge in [0.1, 0.15) is 0 Å². The van der Waals surface area contributed by atoms with Gasteiger partial charge in [0.25, 0.3) is 0 Å². The number of likely N-dealkylation sites (tertiary alicyclic amines) is 1. The van der Waals surface area contributed by atoms with Crippen LogP contribution in [0.1, 0.15) is 46.0 Å². The minimum absolute atomic E-state index is 0. The van der Waals surface area contributed by atoms with Crippen LogP contribution in [-0.2, 0) is 4.79 Å². The molecular formula is C12H23ClN2O. The molecule has 4 heteroatoms. The maximum absolute atomic E-state index is 12.3. The molecule has 2 aliphatic rings. The van der Waals surface area contributed by atoms with Crippen LogP contribution < -0.4 is 5.73 Å². The third kappa shape index (κ3) is 2.51. The Labute approximate surface area is 104 Å². The van der Waals surface area contributed by atoms with E-state index in [1.807, 2.05) is 0 Å². The lowest BCUT2D eigenvalue weighted by Gasteiger charge is -2.33. The van der Waals surface area contributed by atoms with Crippen molar-refractivity contribution in [3.63, 3.8) is 0 Å². The second kappa shape index (κ2) is 4.92. The van der Waals surface area contributed by atoms with Gasteiger partial charge < -0.3 is 10.6 Å². The first-order chi connectivity index (χ1) is 7.00. The number of rotatable bonds is 1. The number of amides is 1. The van der Waals surface area contributed by atoms with Gasteiger partial charge in [-0.1, -0.05) is 0 Å². The first kappa shape index (κ1) is 13.8. The van der Waals surface area contributed by atoms with E-state index in [1.54, 1.807) is 0 Å². The lowest BCUT2D eigenvalue weighted by atomic mass is 9.99. The van der Waals surface area contributed by atoms with Crippen LogP contribution in [0.2, 0.25) is 0 Å². The van der Waals surface area contributed by atoms with Gasteiger partial charge in [0.05, 0.1) is 0 Å². The number of hydrogen-bond acceptors (Lipinski definition) is 2. The number of halogens is 1. The molecule has 1 aliphatic carbocycles. The summed E-state index contributed by atoms with van der Waals surface area (Å²) < 4.78 is 0. The van der Waals surface area contributed by atoms with Crippen molar-refractivity contribution in [2.75, 3.05) is 6.54 Å². The third-order valence-corrected chi connectivity index (χ3v) is 3.99. The van der Waals surface area contributed by atoms with E-state index in [0.29, 0.717) is 5.91 Å². The predicted octanol–water partition coefficient (Wildman–Crippen LogP) is 1.94. The van der Waals surface area contributed by atoms with Crippen molar-refractivity contribution < 1.29 is 4.79 Å². The van der Waals surface area contributed by atoms with E-state index in [4.69, 9.17) is 5.73 Å². The van der Waals surface area contributed by atoms with Crippen LogP contribution in [0.4, 0.5) is 0 Å². The summed E-state index contributed by atoms with van der Waals surface area (Å²) in [6, 6.07) is 0.254. The average molecular weight is 247 g/mol. The number of hydrogen-bond donors (Lipinski definition) is 1. The summed E-state index contributed by atoms with van der Waals surface area (Å²) >= 11 is 0. The standard InChI is InChI=1S/C12H22N2O.ClH/c1-12(2)6-3-7-14(12)11(15)9-4-5-10(13)8-9;/h9-10H,3-8,13H2,1-2H3;1H. The third-order valence-electron chi connectivity index (χ3n) is 3.99. The molecule has 0 bridgehead atoms. The molecule has 1 aliphatic heterocycles. The summed E-state index contributed by atoms with van der Waals surface area (Å²) in [7, 11) is 0. The maximum Gasteiger partial charge on any atom is 0.226 e. The van der Waals surface area contributed by atoms with Crippen LogP contribution in [-0.4, -0.2) is 28.9 Å². The van der Waals surface area contributed by atoms with Crippen molar-refractivity contribution in [2.24, 2.45) is 11.7 Å². The summed E-state index contributed by atoms with van der Waals surface area (Å²) in [6.45, 7) is 5.29. The van der Waals surface area contributed by atoms with Crippen LogP contribution in [0.3, 0.4) is 0 Å². The van der Waals surface area contributed by atoms with Crippen molar-refractivity contribution in [3.8, 4) is 0 Å². The Hall–Kier alpha value is -0.280. The molecule has 0 aromatic rings. The van der Waals surface area contributed by atoms with Gasteiger partial charge in [0.2, 0.25) is 5.91 Å². The van der Waals surface area contributed by atoms with Gasteiger partial charge in [0.15, 0.2) is 0 Å². The molecule has 2 atom stereocenters. The van der Waals surface area contributed by atoms with E-state index < -0.39 is 0 Å². The zero-order valence-corrected chi connectivity index (χ0v) is 11.1. The monoisotopic (exact) mass is 246 g/mol. The van der Waals surface area contributed by atoms with Crippen LogP contribution in [0.15, 0.2) is 0 Å². The van der Waals surface area contributed by atoms with Crippen LogP contribution in [0.5, 0.6) is 0 Å². The first-order valence-corrected chi connectivity index (χ1v) is 6.08. The minimum Gasteiger partial charge on any atom is -0.337 e. The maximum atomic E-state index is 12.3. The summed E-state index contributed by atoms with van der Waals surface area (Å²) in [5.74, 6) is 0.558. The van der Waals surface area contributed by atoms with E-state index >= 15 is 0 Å². The van der Waals surface area contributed by atoms with E-state index in [9.17, 15) is 4.79 Å². The molecular weight excluding hydrogens is 224 g/mol. The fraction of sp³-hybridized carbons (Fsp3) is 0.917.